The number of aromatic nitrogens is 2. The van der Waals surface area contributed by atoms with E-state index in [1.807, 2.05) is 6.92 Å². The largest absolute Gasteiger partial charge is 0.384 e. The molecule has 1 saturated carbocycles. The highest BCUT2D eigenvalue weighted by molar-refractivity contribution is 5.63. The van der Waals surface area contributed by atoms with Crippen LogP contribution in [0.5, 0.6) is 0 Å². The van der Waals surface area contributed by atoms with Gasteiger partial charge in [-0.25, -0.2) is 14.4 Å². The molecule has 92 valence electrons. The molecule has 0 unspecified atom stereocenters. The highest BCUT2D eigenvalue weighted by Crippen LogP contribution is 2.39. The lowest BCUT2D eigenvalue weighted by Gasteiger charge is -2.07. The monoisotopic (exact) mass is 243 g/mol. The molecular weight excluding hydrogens is 229 g/mol. The van der Waals surface area contributed by atoms with Crippen LogP contribution >= 0.6 is 0 Å². The first-order valence-electron chi connectivity index (χ1n) is 6.04. The molecule has 0 spiro atoms. The molecule has 0 bridgehead atoms. The van der Waals surface area contributed by atoms with E-state index in [1.165, 1.54) is 6.07 Å². The SMILES string of the molecule is Cc1ccc(F)c(-c2cc(N)nc(C3CC3)n2)c1. The molecule has 0 atom stereocenters. The van der Waals surface area contributed by atoms with E-state index in [0.29, 0.717) is 23.0 Å². The third-order valence-corrected chi connectivity index (χ3v) is 3.10. The molecule has 18 heavy (non-hydrogen) atoms. The van der Waals surface area contributed by atoms with E-state index in [0.717, 1.165) is 24.2 Å². The lowest BCUT2D eigenvalue weighted by atomic mass is 10.1. The Morgan fingerprint density at radius 1 is 1.22 bits per heavy atom. The zero-order chi connectivity index (χ0) is 12.7. The fourth-order valence-corrected chi connectivity index (χ4v) is 1.98. The Hall–Kier alpha value is -1.97. The van der Waals surface area contributed by atoms with Crippen LogP contribution in [0, 0.1) is 12.7 Å². The van der Waals surface area contributed by atoms with Crippen LogP contribution in [0.25, 0.3) is 11.3 Å². The van der Waals surface area contributed by atoms with Crippen LogP contribution in [-0.4, -0.2) is 9.97 Å². The number of nitrogens with zero attached hydrogens (tertiary/aromatic N) is 2. The first-order valence-corrected chi connectivity index (χ1v) is 6.04. The van der Waals surface area contributed by atoms with Crippen molar-refractivity contribution in [3.63, 3.8) is 0 Å². The zero-order valence-corrected chi connectivity index (χ0v) is 10.2. The van der Waals surface area contributed by atoms with Gasteiger partial charge in [-0.1, -0.05) is 11.6 Å². The number of benzene rings is 1. The van der Waals surface area contributed by atoms with Crippen LogP contribution in [0.1, 0.15) is 30.1 Å². The molecule has 1 aliphatic rings. The molecule has 1 aromatic carbocycles. The minimum absolute atomic E-state index is 0.277. The van der Waals surface area contributed by atoms with E-state index >= 15 is 0 Å². The normalized spacial score (nSPS) is 14.8. The lowest BCUT2D eigenvalue weighted by Crippen LogP contribution is -2.01. The Kier molecular flexibility index (Phi) is 2.51. The van der Waals surface area contributed by atoms with E-state index in [-0.39, 0.29) is 5.82 Å². The molecule has 0 radical (unpaired) electrons. The molecule has 1 aromatic heterocycles. The van der Waals surface area contributed by atoms with Crippen molar-refractivity contribution in [1.29, 1.82) is 0 Å². The summed E-state index contributed by atoms with van der Waals surface area (Å²) < 4.78 is 13.8. The minimum atomic E-state index is -0.277. The number of halogens is 1. The highest BCUT2D eigenvalue weighted by atomic mass is 19.1. The van der Waals surface area contributed by atoms with Crippen LogP contribution in [0.15, 0.2) is 24.3 Å². The topological polar surface area (TPSA) is 51.8 Å². The Bertz CT molecular complexity index is 606. The molecule has 0 saturated heterocycles. The van der Waals surface area contributed by atoms with E-state index in [1.54, 1.807) is 18.2 Å². The standard InChI is InChI=1S/C14H14FN3/c1-8-2-5-11(15)10(6-8)12-7-13(16)18-14(17-12)9-3-4-9/h2,5-7,9H,3-4H2,1H3,(H2,16,17,18). The quantitative estimate of drug-likeness (QED) is 0.882. The number of aryl methyl sites for hydroxylation is 1. The number of hydrogen-bond donors (Lipinski definition) is 1. The van der Waals surface area contributed by atoms with Crippen molar-refractivity contribution in [3.8, 4) is 11.3 Å². The fourth-order valence-electron chi connectivity index (χ4n) is 1.98. The van der Waals surface area contributed by atoms with Gasteiger partial charge in [-0.05, 0) is 31.9 Å². The number of nitrogens with two attached hydrogens (primary N) is 1. The summed E-state index contributed by atoms with van der Waals surface area (Å²) in [4.78, 5) is 8.65. The Balaban J connectivity index is 2.12. The van der Waals surface area contributed by atoms with E-state index in [9.17, 15) is 4.39 Å². The molecular formula is C14H14FN3. The third kappa shape index (κ3) is 2.06. The molecule has 3 rings (SSSR count). The second-order valence-electron chi connectivity index (χ2n) is 4.79. The maximum atomic E-state index is 13.8. The second kappa shape index (κ2) is 4.05. The first-order chi connectivity index (χ1) is 8.63. The van der Waals surface area contributed by atoms with Crippen LogP contribution < -0.4 is 5.73 Å². The van der Waals surface area contributed by atoms with Crippen molar-refractivity contribution >= 4 is 5.82 Å². The summed E-state index contributed by atoms with van der Waals surface area (Å²) in [7, 11) is 0. The molecule has 1 heterocycles. The van der Waals surface area contributed by atoms with Crippen molar-refractivity contribution in [2.24, 2.45) is 0 Å². The average molecular weight is 243 g/mol. The van der Waals surface area contributed by atoms with E-state index < -0.39 is 0 Å². The summed E-state index contributed by atoms with van der Waals surface area (Å²) in [5.74, 6) is 1.27. The van der Waals surface area contributed by atoms with Gasteiger partial charge in [0.2, 0.25) is 0 Å². The van der Waals surface area contributed by atoms with Gasteiger partial charge in [-0.2, -0.15) is 0 Å². The first kappa shape index (κ1) is 11.1. The maximum absolute atomic E-state index is 13.8. The van der Waals surface area contributed by atoms with Crippen LogP contribution in [-0.2, 0) is 0 Å². The summed E-state index contributed by atoms with van der Waals surface area (Å²) in [5.41, 5.74) is 7.84. The van der Waals surface area contributed by atoms with Crippen molar-refractivity contribution < 1.29 is 4.39 Å². The number of nitrogen functional groups attached to an aromatic ring is 1. The van der Waals surface area contributed by atoms with Gasteiger partial charge in [0.15, 0.2) is 0 Å². The summed E-state index contributed by atoms with van der Waals surface area (Å²) >= 11 is 0. The fraction of sp³-hybridized carbons (Fsp3) is 0.286. The molecule has 2 N–H and O–H groups in total. The Labute approximate surface area is 105 Å². The highest BCUT2D eigenvalue weighted by Gasteiger charge is 2.27. The van der Waals surface area contributed by atoms with Crippen LogP contribution in [0.4, 0.5) is 10.2 Å². The Morgan fingerprint density at radius 2 is 2.00 bits per heavy atom. The lowest BCUT2D eigenvalue weighted by molar-refractivity contribution is 0.630. The predicted octanol–water partition coefficient (Wildman–Crippen LogP) is 3.05. The van der Waals surface area contributed by atoms with Gasteiger partial charge in [-0.15, -0.1) is 0 Å². The minimum Gasteiger partial charge on any atom is -0.384 e. The summed E-state index contributed by atoms with van der Waals surface area (Å²) in [6, 6.07) is 6.61. The summed E-state index contributed by atoms with van der Waals surface area (Å²) in [5, 5.41) is 0. The van der Waals surface area contributed by atoms with Gasteiger partial charge in [0.25, 0.3) is 0 Å². The summed E-state index contributed by atoms with van der Waals surface area (Å²) in [6.45, 7) is 1.93. The van der Waals surface area contributed by atoms with Gasteiger partial charge in [0, 0.05) is 17.5 Å². The van der Waals surface area contributed by atoms with E-state index in [2.05, 4.69) is 9.97 Å². The summed E-state index contributed by atoms with van der Waals surface area (Å²) in [6.07, 6.45) is 2.19. The van der Waals surface area contributed by atoms with Gasteiger partial charge < -0.3 is 5.73 Å². The molecule has 3 nitrogen and oxygen atoms in total. The number of anilines is 1. The maximum Gasteiger partial charge on any atom is 0.134 e. The molecule has 0 aliphatic heterocycles. The smallest absolute Gasteiger partial charge is 0.134 e. The molecule has 1 fully saturated rings. The number of hydrogen-bond acceptors (Lipinski definition) is 3. The second-order valence-corrected chi connectivity index (χ2v) is 4.79. The van der Waals surface area contributed by atoms with Crippen LogP contribution in [0.2, 0.25) is 0 Å². The molecule has 2 aromatic rings. The third-order valence-electron chi connectivity index (χ3n) is 3.10. The Morgan fingerprint density at radius 3 is 2.72 bits per heavy atom. The van der Waals surface area contributed by atoms with Crippen molar-refractivity contribution in [1.82, 2.24) is 9.97 Å². The molecule has 1 aliphatic carbocycles. The van der Waals surface area contributed by atoms with Crippen molar-refractivity contribution in [3.05, 3.63) is 41.5 Å². The molecule has 0 amide bonds. The van der Waals surface area contributed by atoms with E-state index in [4.69, 9.17) is 5.73 Å². The number of rotatable bonds is 2. The predicted molar refractivity (Wildman–Crippen MR) is 68.6 cm³/mol. The van der Waals surface area contributed by atoms with Crippen LogP contribution in [0.3, 0.4) is 0 Å². The molecule has 4 heteroatoms. The van der Waals surface area contributed by atoms with Crippen molar-refractivity contribution in [2.45, 2.75) is 25.7 Å². The zero-order valence-electron chi connectivity index (χ0n) is 10.2. The van der Waals surface area contributed by atoms with Gasteiger partial charge >= 0.3 is 0 Å². The average Bonchev–Trinajstić information content (AvgIpc) is 3.15. The van der Waals surface area contributed by atoms with Crippen molar-refractivity contribution in [2.75, 3.05) is 5.73 Å². The van der Waals surface area contributed by atoms with Gasteiger partial charge in [0.05, 0.1) is 5.69 Å². The van der Waals surface area contributed by atoms with Gasteiger partial charge in [0.1, 0.15) is 17.5 Å². The van der Waals surface area contributed by atoms with Gasteiger partial charge in [-0.3, -0.25) is 0 Å².